The maximum Gasteiger partial charge on any atom is 0.0926 e. The van der Waals surface area contributed by atoms with Crippen LogP contribution in [0.1, 0.15) is 44.9 Å². The second kappa shape index (κ2) is 3.64. The van der Waals surface area contributed by atoms with E-state index in [1.807, 2.05) is 0 Å². The first-order valence-electron chi connectivity index (χ1n) is 7.60. The van der Waals surface area contributed by atoms with E-state index in [1.54, 1.807) is 0 Å². The molecule has 0 bridgehead atoms. The summed E-state index contributed by atoms with van der Waals surface area (Å²) in [5.74, 6) is 0. The summed E-state index contributed by atoms with van der Waals surface area (Å²) < 4.78 is 2.27. The molecular formula is C17H23N3. The third kappa shape index (κ3) is 1.65. The number of nitrogens with zero attached hydrogens (tertiary/aromatic N) is 3. The van der Waals surface area contributed by atoms with Gasteiger partial charge in [-0.1, -0.05) is 26.8 Å². The zero-order chi connectivity index (χ0) is 14.1. The Bertz CT molecular complexity index is 686. The summed E-state index contributed by atoms with van der Waals surface area (Å²) in [6.45, 7) is 8.92. The molecule has 1 aromatic heterocycles. The van der Waals surface area contributed by atoms with Crippen molar-refractivity contribution in [3.8, 4) is 0 Å². The SMILES string of the molecule is CN1Cc2c3cc(C(C)(C)C)ccc3nn2CC12CC2. The molecule has 0 N–H and O–H groups in total. The van der Waals surface area contributed by atoms with Crippen LogP contribution in [0, 0.1) is 0 Å². The van der Waals surface area contributed by atoms with Crippen LogP contribution in [0.15, 0.2) is 18.2 Å². The lowest BCUT2D eigenvalue weighted by molar-refractivity contribution is 0.149. The van der Waals surface area contributed by atoms with Crippen molar-refractivity contribution in [2.24, 2.45) is 0 Å². The Morgan fingerprint density at radius 3 is 2.60 bits per heavy atom. The summed E-state index contributed by atoms with van der Waals surface area (Å²) in [4.78, 5) is 2.53. The largest absolute Gasteiger partial charge is 0.293 e. The van der Waals surface area contributed by atoms with Crippen LogP contribution >= 0.6 is 0 Å². The van der Waals surface area contributed by atoms with Crippen LogP contribution in [0.25, 0.3) is 10.9 Å². The molecule has 106 valence electrons. The molecule has 2 aliphatic rings. The van der Waals surface area contributed by atoms with Gasteiger partial charge in [-0.25, -0.2) is 0 Å². The summed E-state index contributed by atoms with van der Waals surface area (Å²) in [6, 6.07) is 6.78. The van der Waals surface area contributed by atoms with Gasteiger partial charge in [0, 0.05) is 17.5 Å². The van der Waals surface area contributed by atoms with Gasteiger partial charge in [0.25, 0.3) is 0 Å². The van der Waals surface area contributed by atoms with Gasteiger partial charge in [0.1, 0.15) is 0 Å². The van der Waals surface area contributed by atoms with Crippen LogP contribution < -0.4 is 0 Å². The number of aromatic nitrogens is 2. The zero-order valence-corrected chi connectivity index (χ0v) is 12.9. The monoisotopic (exact) mass is 269 g/mol. The molecule has 2 heterocycles. The first-order chi connectivity index (χ1) is 9.39. The van der Waals surface area contributed by atoms with Crippen molar-refractivity contribution in [3.05, 3.63) is 29.5 Å². The summed E-state index contributed by atoms with van der Waals surface area (Å²) in [7, 11) is 2.27. The third-order valence-corrected chi connectivity index (χ3v) is 5.18. The van der Waals surface area contributed by atoms with E-state index in [4.69, 9.17) is 5.10 Å². The van der Waals surface area contributed by atoms with E-state index in [-0.39, 0.29) is 5.41 Å². The molecule has 4 rings (SSSR count). The van der Waals surface area contributed by atoms with Gasteiger partial charge in [-0.05, 0) is 43.0 Å². The van der Waals surface area contributed by atoms with Crippen LogP contribution in [0.5, 0.6) is 0 Å². The van der Waals surface area contributed by atoms with E-state index in [0.717, 1.165) is 18.6 Å². The Balaban J connectivity index is 1.87. The lowest BCUT2D eigenvalue weighted by atomic mass is 9.86. The first-order valence-corrected chi connectivity index (χ1v) is 7.60. The minimum atomic E-state index is 0.196. The molecule has 2 aromatic rings. The highest BCUT2D eigenvalue weighted by Gasteiger charge is 2.49. The summed E-state index contributed by atoms with van der Waals surface area (Å²) >= 11 is 0. The van der Waals surface area contributed by atoms with Gasteiger partial charge in [-0.2, -0.15) is 5.10 Å². The van der Waals surface area contributed by atoms with Crippen molar-refractivity contribution in [2.45, 2.75) is 57.7 Å². The van der Waals surface area contributed by atoms with Crippen LogP contribution in [-0.2, 0) is 18.5 Å². The van der Waals surface area contributed by atoms with Gasteiger partial charge < -0.3 is 0 Å². The molecule has 0 atom stereocenters. The first kappa shape index (κ1) is 12.4. The zero-order valence-electron chi connectivity index (χ0n) is 12.9. The average molecular weight is 269 g/mol. The highest BCUT2D eigenvalue weighted by atomic mass is 15.4. The summed E-state index contributed by atoms with van der Waals surface area (Å²) in [6.07, 6.45) is 2.65. The maximum atomic E-state index is 4.84. The van der Waals surface area contributed by atoms with Crippen molar-refractivity contribution < 1.29 is 0 Å². The number of benzene rings is 1. The molecule has 1 aliphatic carbocycles. The maximum absolute atomic E-state index is 4.84. The van der Waals surface area contributed by atoms with Crippen molar-refractivity contribution in [1.29, 1.82) is 0 Å². The molecular weight excluding hydrogens is 246 g/mol. The smallest absolute Gasteiger partial charge is 0.0926 e. The Morgan fingerprint density at radius 1 is 1.20 bits per heavy atom. The number of hydrogen-bond donors (Lipinski definition) is 0. The Labute approximate surface area is 120 Å². The number of rotatable bonds is 0. The van der Waals surface area contributed by atoms with Gasteiger partial charge in [-0.3, -0.25) is 9.58 Å². The van der Waals surface area contributed by atoms with Gasteiger partial charge in [-0.15, -0.1) is 0 Å². The molecule has 1 saturated carbocycles. The van der Waals surface area contributed by atoms with Gasteiger partial charge in [0.05, 0.1) is 17.8 Å². The van der Waals surface area contributed by atoms with Crippen molar-refractivity contribution in [1.82, 2.24) is 14.7 Å². The topological polar surface area (TPSA) is 21.1 Å². The predicted molar refractivity (Wildman–Crippen MR) is 81.9 cm³/mol. The standard InChI is InChI=1S/C17H23N3/c1-16(2,3)12-5-6-14-13(9-12)15-10-19(4)17(7-8-17)11-20(15)18-14/h5-6,9H,7-8,10-11H2,1-4H3. The van der Waals surface area contributed by atoms with E-state index in [1.165, 1.54) is 29.5 Å². The molecule has 20 heavy (non-hydrogen) atoms. The van der Waals surface area contributed by atoms with Crippen molar-refractivity contribution >= 4 is 10.9 Å². The van der Waals surface area contributed by atoms with Crippen LogP contribution in [0.2, 0.25) is 0 Å². The summed E-state index contributed by atoms with van der Waals surface area (Å²) in [5, 5.41) is 6.18. The quantitative estimate of drug-likeness (QED) is 0.731. The molecule has 3 nitrogen and oxygen atoms in total. The van der Waals surface area contributed by atoms with E-state index >= 15 is 0 Å². The van der Waals surface area contributed by atoms with Crippen LogP contribution in [0.4, 0.5) is 0 Å². The molecule has 1 fully saturated rings. The second-order valence-corrected chi connectivity index (χ2v) is 7.67. The van der Waals surface area contributed by atoms with Crippen LogP contribution in [-0.4, -0.2) is 27.3 Å². The highest BCUT2D eigenvalue weighted by molar-refractivity contribution is 5.82. The fourth-order valence-electron chi connectivity index (χ4n) is 3.42. The van der Waals surface area contributed by atoms with Gasteiger partial charge in [0.15, 0.2) is 0 Å². The lowest BCUT2D eigenvalue weighted by Crippen LogP contribution is -2.42. The minimum absolute atomic E-state index is 0.196. The van der Waals surface area contributed by atoms with Gasteiger partial charge in [0.2, 0.25) is 0 Å². The van der Waals surface area contributed by atoms with E-state index in [9.17, 15) is 0 Å². The molecule has 0 saturated heterocycles. The lowest BCUT2D eigenvalue weighted by Gasteiger charge is -2.33. The molecule has 1 aromatic carbocycles. The summed E-state index contributed by atoms with van der Waals surface area (Å²) in [5.41, 5.74) is 4.56. The molecule has 1 spiro atoms. The molecule has 3 heteroatoms. The second-order valence-electron chi connectivity index (χ2n) is 7.67. The average Bonchev–Trinajstić information content (AvgIpc) is 3.05. The number of fused-ring (bicyclic) bond motifs is 3. The van der Waals surface area contributed by atoms with Crippen molar-refractivity contribution in [3.63, 3.8) is 0 Å². The Kier molecular flexibility index (Phi) is 2.26. The van der Waals surface area contributed by atoms with E-state index < -0.39 is 0 Å². The predicted octanol–water partition coefficient (Wildman–Crippen LogP) is 3.31. The van der Waals surface area contributed by atoms with Crippen LogP contribution in [0.3, 0.4) is 0 Å². The fraction of sp³-hybridized carbons (Fsp3) is 0.588. The number of likely N-dealkylation sites (N-methyl/N-ethyl adjacent to an activating group) is 1. The third-order valence-electron chi connectivity index (χ3n) is 5.18. The van der Waals surface area contributed by atoms with Gasteiger partial charge >= 0.3 is 0 Å². The molecule has 1 aliphatic heterocycles. The molecule has 0 radical (unpaired) electrons. The number of hydrogen-bond acceptors (Lipinski definition) is 2. The van der Waals surface area contributed by atoms with E-state index in [0.29, 0.717) is 5.54 Å². The molecule has 0 amide bonds. The van der Waals surface area contributed by atoms with E-state index in [2.05, 4.69) is 55.6 Å². The minimum Gasteiger partial charge on any atom is -0.293 e. The highest BCUT2D eigenvalue weighted by Crippen LogP contribution is 2.46. The normalized spacial score (nSPS) is 21.4. The Morgan fingerprint density at radius 2 is 1.95 bits per heavy atom. The fourth-order valence-corrected chi connectivity index (χ4v) is 3.42. The van der Waals surface area contributed by atoms with Crippen molar-refractivity contribution in [2.75, 3.05) is 7.05 Å². The molecule has 0 unspecified atom stereocenters. The Hall–Kier alpha value is -1.35.